The smallest absolute Gasteiger partial charge is 0.272 e. The molecule has 1 amide bonds. The van der Waals surface area contributed by atoms with Gasteiger partial charge in [0.05, 0.1) is 16.8 Å². The number of nitrogens with one attached hydrogen (secondary N) is 1. The van der Waals surface area contributed by atoms with Crippen molar-refractivity contribution in [3.05, 3.63) is 64.7 Å². The summed E-state index contributed by atoms with van der Waals surface area (Å²) in [6, 6.07) is 14.7. The van der Waals surface area contributed by atoms with Crippen LogP contribution in [0.3, 0.4) is 0 Å². The molecular weight excluding hydrogens is 286 g/mol. The third kappa shape index (κ3) is 4.07. The largest absolute Gasteiger partial charge is 0.378 e. The van der Waals surface area contributed by atoms with Crippen LogP contribution in [0.4, 0.5) is 5.69 Å². The van der Waals surface area contributed by atoms with E-state index in [1.54, 1.807) is 30.5 Å². The zero-order chi connectivity index (χ0) is 15.2. The van der Waals surface area contributed by atoms with Gasteiger partial charge in [-0.05, 0) is 29.8 Å². The highest BCUT2D eigenvalue weighted by atomic mass is 35.5. The SMILES string of the molecule is CN(C)c1ccc(/C=N/NC(=O)c2ccccc2Cl)cc1. The first-order chi connectivity index (χ1) is 10.1. The van der Waals surface area contributed by atoms with Crippen LogP contribution in [0.5, 0.6) is 0 Å². The topological polar surface area (TPSA) is 44.7 Å². The van der Waals surface area contributed by atoms with Crippen molar-refractivity contribution in [1.29, 1.82) is 0 Å². The first-order valence-electron chi connectivity index (χ1n) is 6.43. The molecule has 1 N–H and O–H groups in total. The maximum absolute atomic E-state index is 11.9. The molecule has 0 aliphatic rings. The molecule has 2 rings (SSSR count). The fraction of sp³-hybridized carbons (Fsp3) is 0.125. The number of hydrogen-bond acceptors (Lipinski definition) is 3. The van der Waals surface area contributed by atoms with Gasteiger partial charge < -0.3 is 4.90 Å². The highest BCUT2D eigenvalue weighted by molar-refractivity contribution is 6.33. The Morgan fingerprint density at radius 3 is 2.43 bits per heavy atom. The van der Waals surface area contributed by atoms with Crippen LogP contribution >= 0.6 is 11.6 Å². The Morgan fingerprint density at radius 1 is 1.14 bits per heavy atom. The molecule has 0 saturated carbocycles. The van der Waals surface area contributed by atoms with Crippen molar-refractivity contribution >= 4 is 29.4 Å². The van der Waals surface area contributed by atoms with Crippen LogP contribution in [0.25, 0.3) is 0 Å². The average molecular weight is 302 g/mol. The van der Waals surface area contributed by atoms with E-state index in [2.05, 4.69) is 10.5 Å². The number of amides is 1. The minimum absolute atomic E-state index is 0.332. The molecule has 2 aromatic rings. The van der Waals surface area contributed by atoms with Gasteiger partial charge in [0.15, 0.2) is 0 Å². The summed E-state index contributed by atoms with van der Waals surface area (Å²) in [5, 5.41) is 4.34. The van der Waals surface area contributed by atoms with Gasteiger partial charge in [-0.15, -0.1) is 0 Å². The van der Waals surface area contributed by atoms with Crippen molar-refractivity contribution in [1.82, 2.24) is 5.43 Å². The van der Waals surface area contributed by atoms with Crippen molar-refractivity contribution in [2.24, 2.45) is 5.10 Å². The molecule has 0 fully saturated rings. The van der Waals surface area contributed by atoms with E-state index < -0.39 is 0 Å². The number of benzene rings is 2. The summed E-state index contributed by atoms with van der Waals surface area (Å²) in [7, 11) is 3.96. The zero-order valence-corrected chi connectivity index (χ0v) is 12.6. The summed E-state index contributed by atoms with van der Waals surface area (Å²) in [6.45, 7) is 0. The molecule has 0 spiro atoms. The van der Waals surface area contributed by atoms with Crippen molar-refractivity contribution in [2.75, 3.05) is 19.0 Å². The minimum atomic E-state index is -0.332. The Labute approximate surface area is 129 Å². The summed E-state index contributed by atoms with van der Waals surface area (Å²) in [5.74, 6) is -0.332. The highest BCUT2D eigenvalue weighted by Gasteiger charge is 2.07. The van der Waals surface area contributed by atoms with E-state index in [0.717, 1.165) is 11.3 Å². The first kappa shape index (κ1) is 15.1. The molecule has 0 heterocycles. The molecule has 0 bridgehead atoms. The highest BCUT2D eigenvalue weighted by Crippen LogP contribution is 2.14. The van der Waals surface area contributed by atoms with Crippen molar-refractivity contribution in [3.63, 3.8) is 0 Å². The van der Waals surface area contributed by atoms with Gasteiger partial charge in [-0.25, -0.2) is 5.43 Å². The van der Waals surface area contributed by atoms with Crippen LogP contribution in [0.15, 0.2) is 53.6 Å². The second-order valence-electron chi connectivity index (χ2n) is 4.66. The van der Waals surface area contributed by atoms with Gasteiger partial charge in [0.25, 0.3) is 5.91 Å². The predicted octanol–water partition coefficient (Wildman–Crippen LogP) is 3.17. The third-order valence-electron chi connectivity index (χ3n) is 2.91. The average Bonchev–Trinajstić information content (AvgIpc) is 2.48. The molecule has 0 aliphatic carbocycles. The fourth-order valence-electron chi connectivity index (χ4n) is 1.73. The molecule has 0 aliphatic heterocycles. The van der Waals surface area contributed by atoms with Gasteiger partial charge in [0.2, 0.25) is 0 Å². The number of hydrogen-bond donors (Lipinski definition) is 1. The Morgan fingerprint density at radius 2 is 1.81 bits per heavy atom. The number of nitrogens with zero attached hydrogens (tertiary/aromatic N) is 2. The van der Waals surface area contributed by atoms with E-state index in [1.807, 2.05) is 43.3 Å². The van der Waals surface area contributed by atoms with Gasteiger partial charge in [0, 0.05) is 19.8 Å². The molecule has 0 aromatic heterocycles. The van der Waals surface area contributed by atoms with Gasteiger partial charge in [-0.3, -0.25) is 4.79 Å². The minimum Gasteiger partial charge on any atom is -0.378 e. The number of rotatable bonds is 4. The summed E-state index contributed by atoms with van der Waals surface area (Å²) < 4.78 is 0. The lowest BCUT2D eigenvalue weighted by Gasteiger charge is -2.11. The Balaban J connectivity index is 1.99. The van der Waals surface area contributed by atoms with E-state index in [0.29, 0.717) is 10.6 Å². The first-order valence-corrected chi connectivity index (χ1v) is 6.81. The lowest BCUT2D eigenvalue weighted by Crippen LogP contribution is -2.17. The van der Waals surface area contributed by atoms with Crippen molar-refractivity contribution in [3.8, 4) is 0 Å². The molecule has 108 valence electrons. The summed E-state index contributed by atoms with van der Waals surface area (Å²) in [6.07, 6.45) is 1.59. The second-order valence-corrected chi connectivity index (χ2v) is 5.07. The van der Waals surface area contributed by atoms with E-state index in [4.69, 9.17) is 11.6 Å². The Hall–Kier alpha value is -2.33. The molecule has 2 aromatic carbocycles. The molecule has 0 saturated heterocycles. The van der Waals surface area contributed by atoms with Crippen molar-refractivity contribution < 1.29 is 4.79 Å². The maximum Gasteiger partial charge on any atom is 0.272 e. The maximum atomic E-state index is 11.9. The molecule has 0 radical (unpaired) electrons. The van der Waals surface area contributed by atoms with Gasteiger partial charge in [-0.2, -0.15) is 5.10 Å². The monoisotopic (exact) mass is 301 g/mol. The van der Waals surface area contributed by atoms with Gasteiger partial charge in [-0.1, -0.05) is 35.9 Å². The molecule has 0 unspecified atom stereocenters. The summed E-state index contributed by atoms with van der Waals surface area (Å²) in [5.41, 5.74) is 4.87. The van der Waals surface area contributed by atoms with E-state index in [9.17, 15) is 4.79 Å². The van der Waals surface area contributed by atoms with Crippen LogP contribution in [0, 0.1) is 0 Å². The van der Waals surface area contributed by atoms with Crippen molar-refractivity contribution in [2.45, 2.75) is 0 Å². The number of anilines is 1. The quantitative estimate of drug-likeness (QED) is 0.696. The van der Waals surface area contributed by atoms with Crippen LogP contribution < -0.4 is 10.3 Å². The van der Waals surface area contributed by atoms with Crippen LogP contribution in [0.2, 0.25) is 5.02 Å². The Bertz CT molecular complexity index is 651. The number of carbonyl (C=O) groups excluding carboxylic acids is 1. The molecular formula is C16H16ClN3O. The summed E-state index contributed by atoms with van der Waals surface area (Å²) in [4.78, 5) is 13.9. The fourth-order valence-corrected chi connectivity index (χ4v) is 1.95. The molecule has 0 atom stereocenters. The van der Waals surface area contributed by atoms with Crippen LogP contribution in [-0.4, -0.2) is 26.2 Å². The summed E-state index contributed by atoms with van der Waals surface area (Å²) >= 11 is 5.94. The van der Waals surface area contributed by atoms with Crippen LogP contribution in [0.1, 0.15) is 15.9 Å². The number of hydrazone groups is 1. The van der Waals surface area contributed by atoms with Gasteiger partial charge in [0.1, 0.15) is 0 Å². The number of carbonyl (C=O) groups is 1. The van der Waals surface area contributed by atoms with E-state index >= 15 is 0 Å². The zero-order valence-electron chi connectivity index (χ0n) is 11.9. The molecule has 4 nitrogen and oxygen atoms in total. The lowest BCUT2D eigenvalue weighted by atomic mass is 10.2. The number of halogens is 1. The molecule has 5 heteroatoms. The second kappa shape index (κ2) is 6.90. The van der Waals surface area contributed by atoms with E-state index in [1.165, 1.54) is 0 Å². The Kier molecular flexibility index (Phi) is 4.95. The van der Waals surface area contributed by atoms with E-state index in [-0.39, 0.29) is 5.91 Å². The standard InChI is InChI=1S/C16H16ClN3O/c1-20(2)13-9-7-12(8-10-13)11-18-19-16(21)14-5-3-4-6-15(14)17/h3-11H,1-2H3,(H,19,21)/b18-11+. The van der Waals surface area contributed by atoms with Crippen LogP contribution in [-0.2, 0) is 0 Å². The lowest BCUT2D eigenvalue weighted by molar-refractivity contribution is 0.0955. The van der Waals surface area contributed by atoms with Gasteiger partial charge >= 0.3 is 0 Å². The molecule has 21 heavy (non-hydrogen) atoms. The predicted molar refractivity (Wildman–Crippen MR) is 87.3 cm³/mol. The third-order valence-corrected chi connectivity index (χ3v) is 3.24. The normalized spacial score (nSPS) is 10.6.